The summed E-state index contributed by atoms with van der Waals surface area (Å²) < 4.78 is 11.0. The number of phenols is 1. The van der Waals surface area contributed by atoms with Crippen LogP contribution in [0.4, 0.5) is 0 Å². The number of hydrogen-bond acceptors (Lipinski definition) is 8. The highest BCUT2D eigenvalue weighted by molar-refractivity contribution is 5.99. The number of aromatic hydroxyl groups is 1. The number of rotatable bonds is 3. The number of carbonyl (C=O) groups excluding carboxylic acids is 1. The number of hydrogen-bond donors (Lipinski definition) is 5. The van der Waals surface area contributed by atoms with E-state index in [4.69, 9.17) is 9.47 Å². The predicted octanol–water partition coefficient (Wildman–Crippen LogP) is -0.774. The van der Waals surface area contributed by atoms with Crippen molar-refractivity contribution in [2.45, 2.75) is 49.7 Å². The summed E-state index contributed by atoms with van der Waals surface area (Å²) in [6, 6.07) is 4.57. The molecule has 0 aromatic heterocycles. The summed E-state index contributed by atoms with van der Waals surface area (Å²) in [5.74, 6) is -0.218. The van der Waals surface area contributed by atoms with Crippen LogP contribution in [0.5, 0.6) is 5.75 Å². The van der Waals surface area contributed by atoms with Crippen LogP contribution in [-0.2, 0) is 9.47 Å². The van der Waals surface area contributed by atoms with Crippen molar-refractivity contribution in [1.29, 1.82) is 0 Å². The monoisotopic (exact) mass is 340 g/mol. The molecule has 0 amide bonds. The van der Waals surface area contributed by atoms with Gasteiger partial charge in [-0.15, -0.1) is 0 Å². The third-order valence-corrected chi connectivity index (χ3v) is 4.49. The molecule has 8 nitrogen and oxygen atoms in total. The lowest BCUT2D eigenvalue weighted by molar-refractivity contribution is -0.313. The molecule has 0 radical (unpaired) electrons. The van der Waals surface area contributed by atoms with Gasteiger partial charge in [-0.1, -0.05) is 12.1 Å². The Morgan fingerprint density at radius 2 is 1.92 bits per heavy atom. The van der Waals surface area contributed by atoms with Crippen LogP contribution in [0, 0.1) is 0 Å². The molecule has 5 N–H and O–H groups in total. The summed E-state index contributed by atoms with van der Waals surface area (Å²) in [5.41, 5.74) is 0.654. The van der Waals surface area contributed by atoms with E-state index in [0.717, 1.165) is 0 Å². The Balaban J connectivity index is 1.84. The van der Waals surface area contributed by atoms with Crippen LogP contribution in [0.3, 0.4) is 0 Å². The van der Waals surface area contributed by atoms with Gasteiger partial charge in [0.2, 0.25) is 0 Å². The zero-order chi connectivity index (χ0) is 17.4. The Morgan fingerprint density at radius 3 is 2.62 bits per heavy atom. The molecule has 1 aromatic rings. The minimum absolute atomic E-state index is 0.102. The molecular formula is C16H20O8. The fourth-order valence-electron chi connectivity index (χ4n) is 3.15. The number of benzene rings is 1. The molecule has 0 unspecified atom stereocenters. The third-order valence-electron chi connectivity index (χ3n) is 4.49. The first kappa shape index (κ1) is 17.3. The molecule has 1 heterocycles. The first-order valence-corrected chi connectivity index (χ1v) is 7.75. The standard InChI is InChI=1S/C16H20O8/c17-6-11-13(20)14(21)15(22)16(24-11)23-10-5-4-8(18)7-2-1-3-9(19)12(7)10/h1-3,10-11,13-17,19-22H,4-6H2/t10-,11+,13+,14-,15+,16+/m0/s1. The second-order valence-corrected chi connectivity index (χ2v) is 6.02. The number of ether oxygens (including phenoxy) is 2. The molecule has 1 aliphatic heterocycles. The largest absolute Gasteiger partial charge is 0.508 e. The maximum absolute atomic E-state index is 12.0. The van der Waals surface area contributed by atoms with Crippen molar-refractivity contribution >= 4 is 5.78 Å². The van der Waals surface area contributed by atoms with Crippen LogP contribution >= 0.6 is 0 Å². The molecule has 8 heteroatoms. The van der Waals surface area contributed by atoms with Crippen LogP contribution in [-0.4, -0.2) is 68.6 Å². The quantitative estimate of drug-likeness (QED) is 0.484. The van der Waals surface area contributed by atoms with Crippen LogP contribution in [0.2, 0.25) is 0 Å². The molecule has 1 fully saturated rings. The summed E-state index contributed by atoms with van der Waals surface area (Å²) >= 11 is 0. The zero-order valence-corrected chi connectivity index (χ0v) is 12.8. The fourth-order valence-corrected chi connectivity index (χ4v) is 3.15. The van der Waals surface area contributed by atoms with Crippen LogP contribution < -0.4 is 0 Å². The molecule has 6 atom stereocenters. The van der Waals surface area contributed by atoms with Gasteiger partial charge in [-0.2, -0.15) is 0 Å². The summed E-state index contributed by atoms with van der Waals surface area (Å²) in [5, 5.41) is 48.9. The lowest BCUT2D eigenvalue weighted by Gasteiger charge is -2.41. The van der Waals surface area contributed by atoms with Crippen LogP contribution in [0.15, 0.2) is 18.2 Å². The second-order valence-electron chi connectivity index (χ2n) is 6.02. The van der Waals surface area contributed by atoms with E-state index < -0.39 is 43.4 Å². The van der Waals surface area contributed by atoms with Gasteiger partial charge in [0.05, 0.1) is 12.7 Å². The maximum Gasteiger partial charge on any atom is 0.187 e. The van der Waals surface area contributed by atoms with Crippen molar-refractivity contribution in [3.63, 3.8) is 0 Å². The van der Waals surface area contributed by atoms with E-state index in [9.17, 15) is 30.3 Å². The van der Waals surface area contributed by atoms with E-state index in [1.54, 1.807) is 12.1 Å². The van der Waals surface area contributed by atoms with Gasteiger partial charge in [0.1, 0.15) is 30.2 Å². The van der Waals surface area contributed by atoms with Gasteiger partial charge in [0.25, 0.3) is 0 Å². The summed E-state index contributed by atoms with van der Waals surface area (Å²) in [6.45, 7) is -0.560. The number of Topliss-reactive ketones (excluding diaryl/α,β-unsaturated/α-hetero) is 1. The summed E-state index contributed by atoms with van der Waals surface area (Å²) in [4.78, 5) is 12.0. The normalized spacial score (nSPS) is 36.4. The van der Waals surface area contributed by atoms with E-state index >= 15 is 0 Å². The van der Waals surface area contributed by atoms with Crippen molar-refractivity contribution in [1.82, 2.24) is 0 Å². The van der Waals surface area contributed by atoms with Crippen LogP contribution in [0.25, 0.3) is 0 Å². The van der Waals surface area contributed by atoms with Gasteiger partial charge in [-0.3, -0.25) is 4.79 Å². The molecule has 0 spiro atoms. The number of carbonyl (C=O) groups is 1. The molecule has 1 saturated heterocycles. The number of ketones is 1. The molecule has 132 valence electrons. The molecule has 1 aromatic carbocycles. The molecule has 1 aliphatic carbocycles. The third kappa shape index (κ3) is 2.92. The zero-order valence-electron chi connectivity index (χ0n) is 12.8. The number of aliphatic hydroxyl groups excluding tert-OH is 4. The Bertz CT molecular complexity index is 616. The Labute approximate surface area is 137 Å². The fraction of sp³-hybridized carbons (Fsp3) is 0.562. The van der Waals surface area contributed by atoms with E-state index in [-0.39, 0.29) is 24.4 Å². The van der Waals surface area contributed by atoms with Crippen molar-refractivity contribution in [2.24, 2.45) is 0 Å². The van der Waals surface area contributed by atoms with Crippen molar-refractivity contribution in [2.75, 3.05) is 6.61 Å². The lowest BCUT2D eigenvalue weighted by atomic mass is 9.87. The van der Waals surface area contributed by atoms with E-state index in [0.29, 0.717) is 11.1 Å². The van der Waals surface area contributed by atoms with Gasteiger partial charge >= 0.3 is 0 Å². The van der Waals surface area contributed by atoms with Crippen molar-refractivity contribution < 1.29 is 39.8 Å². The second kappa shape index (κ2) is 6.75. The van der Waals surface area contributed by atoms with Gasteiger partial charge in [0.15, 0.2) is 12.1 Å². The minimum Gasteiger partial charge on any atom is -0.508 e. The van der Waals surface area contributed by atoms with Gasteiger partial charge in [-0.05, 0) is 12.5 Å². The number of fused-ring (bicyclic) bond motifs is 1. The van der Waals surface area contributed by atoms with Gasteiger partial charge < -0.3 is 35.0 Å². The maximum atomic E-state index is 12.0. The van der Waals surface area contributed by atoms with Crippen molar-refractivity contribution in [3.05, 3.63) is 29.3 Å². The Hall–Kier alpha value is -1.55. The van der Waals surface area contributed by atoms with Crippen LogP contribution in [0.1, 0.15) is 34.9 Å². The molecule has 0 bridgehead atoms. The van der Waals surface area contributed by atoms with E-state index in [2.05, 4.69) is 0 Å². The van der Waals surface area contributed by atoms with Crippen molar-refractivity contribution in [3.8, 4) is 5.75 Å². The highest BCUT2D eigenvalue weighted by Gasteiger charge is 2.45. The number of aliphatic hydroxyl groups is 4. The average molecular weight is 340 g/mol. The average Bonchev–Trinajstić information content (AvgIpc) is 2.58. The SMILES string of the molecule is O=C1CC[C@H](O[C@@H]2O[C@H](CO)[C@@H](O)[C@H](O)[C@H]2O)c2c(O)cccc21. The first-order valence-electron chi connectivity index (χ1n) is 7.75. The summed E-state index contributed by atoms with van der Waals surface area (Å²) in [6.07, 6.45) is -7.19. The highest BCUT2D eigenvalue weighted by Crippen LogP contribution is 2.40. The predicted molar refractivity (Wildman–Crippen MR) is 79.3 cm³/mol. The van der Waals surface area contributed by atoms with E-state index in [1.165, 1.54) is 6.07 Å². The first-order chi connectivity index (χ1) is 11.4. The highest BCUT2D eigenvalue weighted by atomic mass is 16.7. The Morgan fingerprint density at radius 1 is 1.17 bits per heavy atom. The van der Waals surface area contributed by atoms with Gasteiger partial charge in [0, 0.05) is 17.5 Å². The summed E-state index contributed by atoms with van der Waals surface area (Å²) in [7, 11) is 0. The Kier molecular flexibility index (Phi) is 4.86. The molecule has 24 heavy (non-hydrogen) atoms. The molecular weight excluding hydrogens is 320 g/mol. The lowest BCUT2D eigenvalue weighted by Crippen LogP contribution is -2.59. The van der Waals surface area contributed by atoms with Gasteiger partial charge in [-0.25, -0.2) is 0 Å². The minimum atomic E-state index is -1.55. The molecule has 2 aliphatic rings. The topological polar surface area (TPSA) is 137 Å². The smallest absolute Gasteiger partial charge is 0.187 e. The molecule has 0 saturated carbocycles. The number of phenolic OH excluding ortho intramolecular Hbond substituents is 1. The van der Waals surface area contributed by atoms with E-state index in [1.807, 2.05) is 0 Å². The molecule has 3 rings (SSSR count).